The smallest absolute Gasteiger partial charge is 0.291 e. The van der Waals surface area contributed by atoms with E-state index >= 15 is 0 Å². The fourth-order valence-corrected chi connectivity index (χ4v) is 2.28. The molecule has 3 rings (SSSR count). The van der Waals surface area contributed by atoms with Crippen LogP contribution in [0, 0.1) is 11.3 Å². The number of hydrogen-bond donors (Lipinski definition) is 2. The molecule has 0 unspecified atom stereocenters. The molecule has 27 heavy (non-hydrogen) atoms. The Bertz CT molecular complexity index is 990. The van der Waals surface area contributed by atoms with Crippen molar-refractivity contribution in [3.63, 3.8) is 0 Å². The van der Waals surface area contributed by atoms with Gasteiger partial charge in [0.15, 0.2) is 12.4 Å². The van der Waals surface area contributed by atoms with Gasteiger partial charge in [-0.3, -0.25) is 9.59 Å². The Morgan fingerprint density at radius 3 is 2.52 bits per heavy atom. The van der Waals surface area contributed by atoms with Gasteiger partial charge in [-0.05, 0) is 48.5 Å². The Morgan fingerprint density at radius 1 is 1.00 bits per heavy atom. The van der Waals surface area contributed by atoms with Gasteiger partial charge in [0.25, 0.3) is 11.8 Å². The maximum atomic E-state index is 12.1. The number of nitriles is 1. The molecule has 1 heterocycles. The number of nitrogens with one attached hydrogen (secondary N) is 2. The molecule has 0 aliphatic rings. The zero-order valence-corrected chi connectivity index (χ0v) is 14.1. The number of ether oxygens (including phenoxy) is 1. The molecule has 7 heteroatoms. The molecule has 0 saturated heterocycles. The van der Waals surface area contributed by atoms with E-state index < -0.39 is 0 Å². The van der Waals surface area contributed by atoms with E-state index in [4.69, 9.17) is 14.4 Å². The summed E-state index contributed by atoms with van der Waals surface area (Å²) < 4.78 is 10.4. The average molecular weight is 361 g/mol. The Hall–Kier alpha value is -4.05. The minimum Gasteiger partial charge on any atom is -0.484 e. The quantitative estimate of drug-likeness (QED) is 0.700. The van der Waals surface area contributed by atoms with Gasteiger partial charge in [0.05, 0.1) is 17.9 Å². The summed E-state index contributed by atoms with van der Waals surface area (Å²) in [6.45, 7) is -0.210. The molecule has 0 spiro atoms. The molecule has 0 fully saturated rings. The number of benzene rings is 2. The molecule has 0 atom stereocenters. The second-order valence-electron chi connectivity index (χ2n) is 5.49. The summed E-state index contributed by atoms with van der Waals surface area (Å²) >= 11 is 0. The van der Waals surface area contributed by atoms with Crippen molar-refractivity contribution in [3.8, 4) is 11.8 Å². The molecule has 0 bridgehead atoms. The lowest BCUT2D eigenvalue weighted by Gasteiger charge is -2.09. The van der Waals surface area contributed by atoms with E-state index in [1.54, 1.807) is 60.7 Å². The lowest BCUT2D eigenvalue weighted by atomic mass is 10.2. The molecule has 2 aromatic carbocycles. The van der Waals surface area contributed by atoms with Gasteiger partial charge in [-0.2, -0.15) is 5.26 Å². The normalized spacial score (nSPS) is 9.89. The fraction of sp³-hybridized carbons (Fsp3) is 0.0500. The van der Waals surface area contributed by atoms with Gasteiger partial charge in [-0.25, -0.2) is 0 Å². The molecule has 1 aromatic heterocycles. The molecule has 134 valence electrons. The maximum absolute atomic E-state index is 12.1. The maximum Gasteiger partial charge on any atom is 0.291 e. The molecular formula is C20H15N3O4. The average Bonchev–Trinajstić information content (AvgIpc) is 3.22. The lowest BCUT2D eigenvalue weighted by molar-refractivity contribution is -0.118. The summed E-state index contributed by atoms with van der Waals surface area (Å²) in [7, 11) is 0. The number of furan rings is 1. The van der Waals surface area contributed by atoms with Crippen LogP contribution < -0.4 is 15.4 Å². The largest absolute Gasteiger partial charge is 0.484 e. The molecule has 0 aliphatic carbocycles. The first-order valence-electron chi connectivity index (χ1n) is 8.02. The summed E-state index contributed by atoms with van der Waals surface area (Å²) in [6, 6.07) is 18.4. The van der Waals surface area contributed by atoms with E-state index in [0.717, 1.165) is 0 Å². The highest BCUT2D eigenvalue weighted by molar-refractivity contribution is 6.02. The summed E-state index contributed by atoms with van der Waals surface area (Å²) in [5.74, 6) is -0.128. The first kappa shape index (κ1) is 17.8. The highest BCUT2D eigenvalue weighted by Gasteiger charge is 2.10. The number of carbonyl (C=O) groups is 2. The van der Waals surface area contributed by atoms with Crippen LogP contribution >= 0.6 is 0 Å². The van der Waals surface area contributed by atoms with Crippen molar-refractivity contribution in [1.29, 1.82) is 5.26 Å². The van der Waals surface area contributed by atoms with Crippen LogP contribution in [0.25, 0.3) is 0 Å². The summed E-state index contributed by atoms with van der Waals surface area (Å²) in [5, 5.41) is 14.2. The molecule has 0 saturated carbocycles. The van der Waals surface area contributed by atoms with Crippen LogP contribution in [0.2, 0.25) is 0 Å². The Balaban J connectivity index is 1.56. The van der Waals surface area contributed by atoms with Gasteiger partial charge >= 0.3 is 0 Å². The van der Waals surface area contributed by atoms with Gasteiger partial charge in [-0.15, -0.1) is 0 Å². The van der Waals surface area contributed by atoms with Crippen molar-refractivity contribution in [1.82, 2.24) is 0 Å². The van der Waals surface area contributed by atoms with E-state index in [9.17, 15) is 9.59 Å². The highest BCUT2D eigenvalue weighted by atomic mass is 16.5. The zero-order valence-electron chi connectivity index (χ0n) is 14.1. The van der Waals surface area contributed by atoms with E-state index in [-0.39, 0.29) is 24.2 Å². The molecule has 2 N–H and O–H groups in total. The number of carbonyl (C=O) groups excluding carboxylic acids is 2. The third kappa shape index (κ3) is 4.96. The summed E-state index contributed by atoms with van der Waals surface area (Å²) in [6.07, 6.45) is 1.41. The van der Waals surface area contributed by atoms with Crippen LogP contribution in [0.4, 0.5) is 11.4 Å². The zero-order chi connectivity index (χ0) is 19.1. The minimum atomic E-state index is -0.385. The molecular weight excluding hydrogens is 346 g/mol. The third-order valence-corrected chi connectivity index (χ3v) is 3.48. The lowest BCUT2D eigenvalue weighted by Crippen LogP contribution is -2.20. The molecule has 7 nitrogen and oxygen atoms in total. The van der Waals surface area contributed by atoms with Crippen LogP contribution in [0.1, 0.15) is 16.1 Å². The Labute approximate surface area is 155 Å². The second-order valence-corrected chi connectivity index (χ2v) is 5.49. The number of anilines is 2. The number of hydrogen-bond acceptors (Lipinski definition) is 5. The molecule has 2 amide bonds. The van der Waals surface area contributed by atoms with Gasteiger partial charge in [0, 0.05) is 11.4 Å². The monoisotopic (exact) mass is 361 g/mol. The number of rotatable bonds is 6. The summed E-state index contributed by atoms with van der Waals surface area (Å²) in [5.41, 5.74) is 1.47. The fourth-order valence-electron chi connectivity index (χ4n) is 2.28. The van der Waals surface area contributed by atoms with Crippen LogP contribution in [0.15, 0.2) is 71.3 Å². The third-order valence-electron chi connectivity index (χ3n) is 3.48. The second kappa shape index (κ2) is 8.36. The van der Waals surface area contributed by atoms with Crippen LogP contribution in [0.3, 0.4) is 0 Å². The van der Waals surface area contributed by atoms with Crippen molar-refractivity contribution in [2.75, 3.05) is 17.2 Å². The van der Waals surface area contributed by atoms with Crippen molar-refractivity contribution < 1.29 is 18.7 Å². The predicted molar refractivity (Wildman–Crippen MR) is 98.4 cm³/mol. The predicted octanol–water partition coefficient (Wildman–Crippen LogP) is 3.42. The van der Waals surface area contributed by atoms with Crippen LogP contribution in [-0.4, -0.2) is 18.4 Å². The van der Waals surface area contributed by atoms with Gasteiger partial charge in [0.2, 0.25) is 0 Å². The van der Waals surface area contributed by atoms with Crippen LogP contribution in [-0.2, 0) is 4.79 Å². The molecule has 0 radical (unpaired) electrons. The first-order chi connectivity index (χ1) is 13.1. The van der Waals surface area contributed by atoms with Gasteiger partial charge in [-0.1, -0.05) is 12.1 Å². The van der Waals surface area contributed by atoms with Crippen molar-refractivity contribution >= 4 is 23.2 Å². The SMILES string of the molecule is N#Cc1cccc(OCC(=O)Nc2cccc(NC(=O)c3ccco3)c2)c1. The van der Waals surface area contributed by atoms with E-state index in [2.05, 4.69) is 10.6 Å². The van der Waals surface area contributed by atoms with Crippen LogP contribution in [0.5, 0.6) is 5.75 Å². The first-order valence-corrected chi connectivity index (χ1v) is 8.02. The van der Waals surface area contributed by atoms with E-state index in [1.165, 1.54) is 6.26 Å². The van der Waals surface area contributed by atoms with Gasteiger partial charge in [0.1, 0.15) is 5.75 Å². The van der Waals surface area contributed by atoms with E-state index in [1.807, 2.05) is 6.07 Å². The molecule has 0 aliphatic heterocycles. The topological polar surface area (TPSA) is 104 Å². The number of amides is 2. The van der Waals surface area contributed by atoms with E-state index in [0.29, 0.717) is 22.7 Å². The molecule has 3 aromatic rings. The van der Waals surface area contributed by atoms with Crippen molar-refractivity contribution in [2.24, 2.45) is 0 Å². The number of nitrogens with zero attached hydrogens (tertiary/aromatic N) is 1. The van der Waals surface area contributed by atoms with Crippen molar-refractivity contribution in [3.05, 3.63) is 78.3 Å². The standard InChI is InChI=1S/C20H15N3O4/c21-12-14-4-1-7-17(10-14)27-13-19(24)22-15-5-2-6-16(11-15)23-20(25)18-8-3-9-26-18/h1-11H,13H2,(H,22,24)(H,23,25). The summed E-state index contributed by atoms with van der Waals surface area (Å²) in [4.78, 5) is 24.0. The Morgan fingerprint density at radius 2 is 1.78 bits per heavy atom. The van der Waals surface area contributed by atoms with Gasteiger partial charge < -0.3 is 19.8 Å². The highest BCUT2D eigenvalue weighted by Crippen LogP contribution is 2.17. The Kier molecular flexibility index (Phi) is 5.50. The minimum absolute atomic E-state index is 0.192. The van der Waals surface area contributed by atoms with Crippen molar-refractivity contribution in [2.45, 2.75) is 0 Å².